The van der Waals surface area contributed by atoms with E-state index >= 15 is 0 Å². The van der Waals surface area contributed by atoms with Crippen molar-refractivity contribution in [1.82, 2.24) is 14.9 Å². The first-order chi connectivity index (χ1) is 11.1. The van der Waals surface area contributed by atoms with Gasteiger partial charge >= 0.3 is 0 Å². The van der Waals surface area contributed by atoms with E-state index in [2.05, 4.69) is 10.3 Å². The van der Waals surface area contributed by atoms with Gasteiger partial charge in [-0.3, -0.25) is 4.79 Å². The first-order valence-electron chi connectivity index (χ1n) is 7.24. The summed E-state index contributed by atoms with van der Waals surface area (Å²) in [7, 11) is 1.91. The lowest BCUT2D eigenvalue weighted by atomic mass is 10.1. The van der Waals surface area contributed by atoms with Gasteiger partial charge in [0.15, 0.2) is 0 Å². The maximum Gasteiger partial charge on any atom is 0.252 e. The Morgan fingerprint density at radius 2 is 1.96 bits per heavy atom. The number of aryl methyl sites for hydroxylation is 1. The molecule has 0 saturated carbocycles. The number of hydrogen-bond donors (Lipinski definition) is 1. The molecule has 2 aromatic carbocycles. The summed E-state index contributed by atoms with van der Waals surface area (Å²) >= 11 is 5.97. The fourth-order valence-corrected chi connectivity index (χ4v) is 2.63. The number of imidazole rings is 1. The fourth-order valence-electron chi connectivity index (χ4n) is 2.44. The summed E-state index contributed by atoms with van der Waals surface area (Å²) in [5.74, 6) is 0.580. The molecule has 0 radical (unpaired) electrons. The molecule has 1 atom stereocenters. The van der Waals surface area contributed by atoms with E-state index in [1.54, 1.807) is 30.5 Å². The van der Waals surface area contributed by atoms with Crippen molar-refractivity contribution in [2.24, 2.45) is 7.05 Å². The van der Waals surface area contributed by atoms with Crippen molar-refractivity contribution in [3.63, 3.8) is 0 Å². The number of amides is 1. The van der Waals surface area contributed by atoms with Crippen molar-refractivity contribution in [2.75, 3.05) is 0 Å². The van der Waals surface area contributed by atoms with Gasteiger partial charge in [-0.05, 0) is 23.8 Å². The van der Waals surface area contributed by atoms with Crippen LogP contribution in [-0.2, 0) is 7.05 Å². The van der Waals surface area contributed by atoms with Crippen LogP contribution in [0.25, 0.3) is 0 Å². The second-order valence-electron chi connectivity index (χ2n) is 5.22. The van der Waals surface area contributed by atoms with Crippen LogP contribution in [0.1, 0.15) is 27.8 Å². The van der Waals surface area contributed by atoms with Crippen LogP contribution in [0.4, 0.5) is 0 Å². The van der Waals surface area contributed by atoms with Gasteiger partial charge in [-0.15, -0.1) is 0 Å². The Labute approximate surface area is 139 Å². The summed E-state index contributed by atoms with van der Waals surface area (Å²) in [6.45, 7) is 0. The zero-order chi connectivity index (χ0) is 16.2. The molecule has 0 spiro atoms. The molecule has 0 fully saturated rings. The van der Waals surface area contributed by atoms with E-state index in [4.69, 9.17) is 11.6 Å². The second-order valence-corrected chi connectivity index (χ2v) is 5.66. The quantitative estimate of drug-likeness (QED) is 0.796. The first-order valence-corrected chi connectivity index (χ1v) is 7.61. The highest BCUT2D eigenvalue weighted by molar-refractivity contribution is 6.30. The second kappa shape index (κ2) is 6.67. The minimum atomic E-state index is -0.331. The largest absolute Gasteiger partial charge is 0.338 e. The van der Waals surface area contributed by atoms with Gasteiger partial charge in [-0.25, -0.2) is 4.98 Å². The molecular weight excluding hydrogens is 310 g/mol. The van der Waals surface area contributed by atoms with Crippen molar-refractivity contribution < 1.29 is 4.79 Å². The number of carbonyl (C=O) groups excluding carboxylic acids is 1. The minimum Gasteiger partial charge on any atom is -0.338 e. The molecule has 0 aliphatic heterocycles. The molecule has 1 aromatic heterocycles. The van der Waals surface area contributed by atoms with E-state index in [0.717, 1.165) is 11.4 Å². The first kappa shape index (κ1) is 15.3. The molecule has 0 aliphatic rings. The predicted octanol–water partition coefficient (Wildman–Crippen LogP) is 3.59. The Hall–Kier alpha value is -2.59. The van der Waals surface area contributed by atoms with Gasteiger partial charge in [-0.1, -0.05) is 48.0 Å². The normalized spacial score (nSPS) is 11.9. The Balaban J connectivity index is 1.94. The minimum absolute atomic E-state index is 0.190. The number of hydrogen-bond acceptors (Lipinski definition) is 2. The zero-order valence-corrected chi connectivity index (χ0v) is 13.4. The summed E-state index contributed by atoms with van der Waals surface area (Å²) in [4.78, 5) is 17.0. The Bertz CT molecular complexity index is 814. The molecule has 116 valence electrons. The highest BCUT2D eigenvalue weighted by atomic mass is 35.5. The lowest BCUT2D eigenvalue weighted by Gasteiger charge is -2.19. The van der Waals surface area contributed by atoms with E-state index in [9.17, 15) is 4.79 Å². The van der Waals surface area contributed by atoms with Gasteiger partial charge in [0.05, 0.1) is 0 Å². The average molecular weight is 326 g/mol. The van der Waals surface area contributed by atoms with Crippen LogP contribution < -0.4 is 5.32 Å². The monoisotopic (exact) mass is 325 g/mol. The number of halogens is 1. The van der Waals surface area contributed by atoms with Crippen molar-refractivity contribution in [3.05, 3.63) is 89.0 Å². The van der Waals surface area contributed by atoms with Crippen molar-refractivity contribution in [1.29, 1.82) is 0 Å². The topological polar surface area (TPSA) is 46.9 Å². The molecule has 0 unspecified atom stereocenters. The molecule has 3 aromatic rings. The molecule has 23 heavy (non-hydrogen) atoms. The maximum atomic E-state index is 12.6. The number of nitrogens with zero attached hydrogens (tertiary/aromatic N) is 2. The lowest BCUT2D eigenvalue weighted by Crippen LogP contribution is -2.31. The van der Waals surface area contributed by atoms with Crippen LogP contribution in [0.5, 0.6) is 0 Å². The van der Waals surface area contributed by atoms with Crippen molar-refractivity contribution >= 4 is 17.5 Å². The standard InChI is InChI=1S/C18H16ClN3O/c1-22-11-10-20-17(22)16(13-6-3-2-4-7-13)21-18(23)14-8-5-9-15(19)12-14/h2-12,16H,1H3,(H,21,23)/t16-/m1/s1. The van der Waals surface area contributed by atoms with Crippen LogP contribution >= 0.6 is 11.6 Å². The van der Waals surface area contributed by atoms with Crippen LogP contribution in [-0.4, -0.2) is 15.5 Å². The molecule has 1 N–H and O–H groups in total. The van der Waals surface area contributed by atoms with Crippen LogP contribution in [0.3, 0.4) is 0 Å². The highest BCUT2D eigenvalue weighted by Crippen LogP contribution is 2.21. The summed E-state index contributed by atoms with van der Waals surface area (Å²) < 4.78 is 1.90. The van der Waals surface area contributed by atoms with E-state index in [1.807, 2.05) is 48.1 Å². The van der Waals surface area contributed by atoms with Gasteiger partial charge in [0.2, 0.25) is 0 Å². The molecule has 5 heteroatoms. The maximum absolute atomic E-state index is 12.6. The molecule has 0 bridgehead atoms. The van der Waals surface area contributed by atoms with Gasteiger partial charge in [0, 0.05) is 30.0 Å². The number of rotatable bonds is 4. The van der Waals surface area contributed by atoms with E-state index in [0.29, 0.717) is 10.6 Å². The number of carbonyl (C=O) groups is 1. The molecule has 1 amide bonds. The van der Waals surface area contributed by atoms with Crippen LogP contribution in [0, 0.1) is 0 Å². The lowest BCUT2D eigenvalue weighted by molar-refractivity contribution is 0.0941. The third-order valence-corrected chi connectivity index (χ3v) is 3.85. The van der Waals surface area contributed by atoms with Crippen LogP contribution in [0.15, 0.2) is 67.0 Å². The average Bonchev–Trinajstić information content (AvgIpc) is 2.99. The SMILES string of the molecule is Cn1ccnc1[C@H](NC(=O)c1cccc(Cl)c1)c1ccccc1. The molecule has 4 nitrogen and oxygen atoms in total. The molecule has 0 saturated heterocycles. The summed E-state index contributed by atoms with van der Waals surface area (Å²) in [5, 5.41) is 3.57. The Kier molecular flexibility index (Phi) is 4.44. The van der Waals surface area contributed by atoms with E-state index in [-0.39, 0.29) is 11.9 Å². The molecule has 3 rings (SSSR count). The van der Waals surface area contributed by atoms with E-state index in [1.165, 1.54) is 0 Å². The molecule has 1 heterocycles. The summed E-state index contributed by atoms with van der Waals surface area (Å²) in [5.41, 5.74) is 1.49. The van der Waals surface area contributed by atoms with Gasteiger partial charge in [0.25, 0.3) is 5.91 Å². The van der Waals surface area contributed by atoms with Gasteiger partial charge < -0.3 is 9.88 Å². The molecule has 0 aliphatic carbocycles. The van der Waals surface area contributed by atoms with Crippen molar-refractivity contribution in [2.45, 2.75) is 6.04 Å². The Morgan fingerprint density at radius 3 is 2.61 bits per heavy atom. The Morgan fingerprint density at radius 1 is 1.17 bits per heavy atom. The summed E-state index contributed by atoms with van der Waals surface area (Å²) in [6.07, 6.45) is 3.58. The predicted molar refractivity (Wildman–Crippen MR) is 90.4 cm³/mol. The smallest absolute Gasteiger partial charge is 0.252 e. The fraction of sp³-hybridized carbons (Fsp3) is 0.111. The van der Waals surface area contributed by atoms with Gasteiger partial charge in [0.1, 0.15) is 11.9 Å². The highest BCUT2D eigenvalue weighted by Gasteiger charge is 2.21. The van der Waals surface area contributed by atoms with E-state index < -0.39 is 0 Å². The summed E-state index contributed by atoms with van der Waals surface area (Å²) in [6, 6.07) is 16.3. The third-order valence-electron chi connectivity index (χ3n) is 3.61. The van der Waals surface area contributed by atoms with Crippen molar-refractivity contribution in [3.8, 4) is 0 Å². The molecular formula is C18H16ClN3O. The van der Waals surface area contributed by atoms with Crippen LogP contribution in [0.2, 0.25) is 5.02 Å². The number of aromatic nitrogens is 2. The number of benzene rings is 2. The van der Waals surface area contributed by atoms with Gasteiger partial charge in [-0.2, -0.15) is 0 Å². The zero-order valence-electron chi connectivity index (χ0n) is 12.6. The third kappa shape index (κ3) is 3.43. The number of nitrogens with one attached hydrogen (secondary N) is 1.